The number of rotatable bonds is 10. The van der Waals surface area contributed by atoms with Crippen LogP contribution in [0.1, 0.15) is 97.2 Å². The molecule has 3 aliphatic carbocycles. The number of hydrogen-bond donors (Lipinski definition) is 0. The van der Waals surface area contributed by atoms with Gasteiger partial charge < -0.3 is 9.80 Å². The Bertz CT molecular complexity index is 4900. The van der Waals surface area contributed by atoms with Crippen molar-refractivity contribution in [1.82, 2.24) is 0 Å². The maximum Gasteiger partial charge on any atom is 0.0540 e. The molecule has 0 saturated heterocycles. The van der Waals surface area contributed by atoms with Crippen LogP contribution in [0.5, 0.6) is 0 Å². The Morgan fingerprint density at radius 2 is 0.440 bits per heavy atom. The third-order valence-electron chi connectivity index (χ3n) is 20.6. The molecule has 0 amide bonds. The van der Waals surface area contributed by atoms with Crippen LogP contribution in [-0.4, -0.2) is 0 Å². The first kappa shape index (κ1) is 54.4. The lowest BCUT2D eigenvalue weighted by Crippen LogP contribution is -2.17. The van der Waals surface area contributed by atoms with Gasteiger partial charge in [-0.25, -0.2) is 0 Å². The molecular weight excluding hydrogens is 1100 g/mol. The van der Waals surface area contributed by atoms with Gasteiger partial charge in [-0.05, 0) is 159 Å². The molecule has 0 spiro atoms. The van der Waals surface area contributed by atoms with Crippen molar-refractivity contribution in [1.29, 1.82) is 0 Å². The normalized spacial score (nSPS) is 14.4. The van der Waals surface area contributed by atoms with Gasteiger partial charge in [-0.2, -0.15) is 0 Å². The third-order valence-corrected chi connectivity index (χ3v) is 20.6. The van der Waals surface area contributed by atoms with Crippen molar-refractivity contribution < 1.29 is 0 Å². The van der Waals surface area contributed by atoms with Crippen molar-refractivity contribution in [2.24, 2.45) is 0 Å². The quantitative estimate of drug-likeness (QED) is 0.126. The number of benzene rings is 14. The number of anilines is 6. The van der Waals surface area contributed by atoms with E-state index in [4.69, 9.17) is 0 Å². The summed E-state index contributed by atoms with van der Waals surface area (Å²) >= 11 is 0. The fourth-order valence-corrected chi connectivity index (χ4v) is 15.8. The van der Waals surface area contributed by atoms with Crippen molar-refractivity contribution in [2.45, 2.75) is 57.8 Å². The molecule has 3 aliphatic rings. The molecule has 0 saturated carbocycles. The minimum atomic E-state index is -0.218. The maximum absolute atomic E-state index is 2.48. The van der Waals surface area contributed by atoms with Gasteiger partial charge in [0.25, 0.3) is 0 Å². The molecule has 0 N–H and O–H groups in total. The standard InChI is InChI=1S/C89H68N2/c1-87(2)77-51-57(35-37-59-41-47-73-75-49-43-65(55-81(75)88(3,4)79(73)53-59)90(83-31-15-23-61-19-7-11-27-67(61)83)84-32-16-24-62-20-8-12-28-68(62)84)39-45-71(77)72-46-40-58(52-78(72)87)36-38-60-42-48-74-76-50-44-66(56-82(76)89(5,6)80(74)54-60)91(85-33-17-25-63-21-9-13-29-69(63)85)86-34-18-26-64-22-10-14-30-70(64)86/h7-56H,1-6H3. The summed E-state index contributed by atoms with van der Waals surface area (Å²) < 4.78 is 0. The van der Waals surface area contributed by atoms with E-state index in [-0.39, 0.29) is 16.2 Å². The molecule has 0 aromatic heterocycles. The first-order chi connectivity index (χ1) is 44.4. The number of nitrogens with zero attached hydrogens (tertiary/aromatic N) is 2. The molecule has 0 atom stereocenters. The van der Waals surface area contributed by atoms with Gasteiger partial charge in [-0.3, -0.25) is 0 Å². The first-order valence-corrected chi connectivity index (χ1v) is 32.1. The van der Waals surface area contributed by atoms with E-state index in [9.17, 15) is 0 Å². The number of hydrogen-bond acceptors (Lipinski definition) is 2. The fraction of sp³-hybridized carbons (Fsp3) is 0.101. The summed E-state index contributed by atoms with van der Waals surface area (Å²) in [4.78, 5) is 4.95. The van der Waals surface area contributed by atoms with E-state index < -0.39 is 0 Å². The molecule has 2 nitrogen and oxygen atoms in total. The lowest BCUT2D eigenvalue weighted by Gasteiger charge is -2.30. The molecule has 0 heterocycles. The summed E-state index contributed by atoms with van der Waals surface area (Å²) in [5, 5.41) is 9.81. The maximum atomic E-state index is 2.48. The average molecular weight is 1170 g/mol. The summed E-state index contributed by atoms with van der Waals surface area (Å²) in [5.41, 5.74) is 27.2. The Balaban J connectivity index is 0.628. The van der Waals surface area contributed by atoms with E-state index in [0.29, 0.717) is 0 Å². The van der Waals surface area contributed by atoms with Gasteiger partial charge >= 0.3 is 0 Å². The van der Waals surface area contributed by atoms with Crippen LogP contribution in [0.3, 0.4) is 0 Å². The zero-order valence-corrected chi connectivity index (χ0v) is 52.3. The second kappa shape index (κ2) is 20.6. The molecule has 0 radical (unpaired) electrons. The van der Waals surface area contributed by atoms with Crippen molar-refractivity contribution in [2.75, 3.05) is 9.80 Å². The highest BCUT2D eigenvalue weighted by molar-refractivity contribution is 6.07. The van der Waals surface area contributed by atoms with Gasteiger partial charge in [0.05, 0.1) is 22.7 Å². The molecule has 14 aromatic carbocycles. The largest absolute Gasteiger partial charge is 0.309 e. The number of fused-ring (bicyclic) bond motifs is 13. The van der Waals surface area contributed by atoms with Gasteiger partial charge in [0.1, 0.15) is 0 Å². The monoisotopic (exact) mass is 1160 g/mol. The van der Waals surface area contributed by atoms with Crippen molar-refractivity contribution in [3.05, 3.63) is 335 Å². The van der Waals surface area contributed by atoms with Crippen LogP contribution in [0.4, 0.5) is 34.1 Å². The van der Waals surface area contributed by atoms with Crippen LogP contribution < -0.4 is 9.80 Å². The molecule has 17 rings (SSSR count). The Labute approximate surface area is 534 Å². The zero-order chi connectivity index (χ0) is 61.3. The molecule has 0 aliphatic heterocycles. The van der Waals surface area contributed by atoms with Crippen molar-refractivity contribution >= 4 is 102 Å². The second-order valence-corrected chi connectivity index (χ2v) is 26.9. The Morgan fingerprint density at radius 1 is 0.220 bits per heavy atom. The summed E-state index contributed by atoms with van der Waals surface area (Å²) in [6.45, 7) is 14.4. The minimum Gasteiger partial charge on any atom is -0.309 e. The van der Waals surface area contributed by atoms with Gasteiger partial charge in [0.2, 0.25) is 0 Å². The van der Waals surface area contributed by atoms with Crippen LogP contribution in [0.15, 0.2) is 279 Å². The van der Waals surface area contributed by atoms with Crippen LogP contribution in [-0.2, 0) is 16.2 Å². The highest BCUT2D eigenvalue weighted by Crippen LogP contribution is 2.55. The summed E-state index contributed by atoms with van der Waals surface area (Å²) in [7, 11) is 0. The van der Waals surface area contributed by atoms with E-state index in [0.717, 1.165) is 11.4 Å². The van der Waals surface area contributed by atoms with E-state index in [1.165, 1.54) is 155 Å². The molecule has 14 aromatic rings. The average Bonchev–Trinajstić information content (AvgIpc) is 1.69. The highest BCUT2D eigenvalue weighted by atomic mass is 15.2. The molecule has 2 heteroatoms. The SMILES string of the molecule is CC1(C)c2cc(C=Cc3ccc4c(c3)C(C)(C)c3cc(N(c5cccc6ccccc56)c5cccc6ccccc56)ccc3-4)ccc2-c2ccc(C=Cc3ccc4c(c3)C(C)(C)c3cc(N(c5cccc6ccccc56)c5cccc6ccccc56)ccc3-4)cc21. The topological polar surface area (TPSA) is 6.48 Å². The van der Waals surface area contributed by atoms with Gasteiger partial charge in [0, 0.05) is 49.2 Å². The van der Waals surface area contributed by atoms with Crippen LogP contribution in [0, 0.1) is 0 Å². The van der Waals surface area contributed by atoms with Crippen molar-refractivity contribution in [3.8, 4) is 33.4 Å². The highest BCUT2D eigenvalue weighted by Gasteiger charge is 2.39. The predicted octanol–water partition coefficient (Wildman–Crippen LogP) is 24.5. The summed E-state index contributed by atoms with van der Waals surface area (Å²) in [5.74, 6) is 0. The van der Waals surface area contributed by atoms with Crippen LogP contribution >= 0.6 is 0 Å². The van der Waals surface area contributed by atoms with Crippen molar-refractivity contribution in [3.63, 3.8) is 0 Å². The fourth-order valence-electron chi connectivity index (χ4n) is 15.8. The lowest BCUT2D eigenvalue weighted by atomic mass is 9.81. The van der Waals surface area contributed by atoms with E-state index in [1.807, 2.05) is 0 Å². The van der Waals surface area contributed by atoms with E-state index >= 15 is 0 Å². The Kier molecular flexibility index (Phi) is 12.3. The van der Waals surface area contributed by atoms with E-state index in [1.54, 1.807) is 0 Å². The predicted molar refractivity (Wildman–Crippen MR) is 389 cm³/mol. The Morgan fingerprint density at radius 3 is 0.703 bits per heavy atom. The van der Waals surface area contributed by atoms with E-state index in [2.05, 4.69) is 355 Å². The van der Waals surface area contributed by atoms with Gasteiger partial charge in [-0.1, -0.05) is 296 Å². The molecule has 0 unspecified atom stereocenters. The lowest BCUT2D eigenvalue weighted by molar-refractivity contribution is 0.660. The Hall–Kier alpha value is -10.8. The summed E-state index contributed by atoms with van der Waals surface area (Å²) in [6, 6.07) is 104. The molecule has 0 fully saturated rings. The van der Waals surface area contributed by atoms with Gasteiger partial charge in [0.15, 0.2) is 0 Å². The molecule has 91 heavy (non-hydrogen) atoms. The van der Waals surface area contributed by atoms with Crippen LogP contribution in [0.25, 0.3) is 101 Å². The second-order valence-electron chi connectivity index (χ2n) is 26.9. The molecule has 434 valence electrons. The van der Waals surface area contributed by atoms with Crippen LogP contribution in [0.2, 0.25) is 0 Å². The third kappa shape index (κ3) is 8.68. The first-order valence-electron chi connectivity index (χ1n) is 32.1. The minimum absolute atomic E-state index is 0.170. The summed E-state index contributed by atoms with van der Waals surface area (Å²) in [6.07, 6.45) is 9.21. The molecular formula is C89H68N2. The molecule has 0 bridgehead atoms. The zero-order valence-electron chi connectivity index (χ0n) is 52.3. The van der Waals surface area contributed by atoms with Gasteiger partial charge in [-0.15, -0.1) is 0 Å². The smallest absolute Gasteiger partial charge is 0.0540 e.